The molecule has 0 aliphatic heterocycles. The number of thiophene rings is 1. The van der Waals surface area contributed by atoms with E-state index in [-0.39, 0.29) is 6.04 Å². The van der Waals surface area contributed by atoms with Gasteiger partial charge < -0.3 is 5.32 Å². The monoisotopic (exact) mass is 343 g/mol. The Bertz CT molecular complexity index is 545. The van der Waals surface area contributed by atoms with Gasteiger partial charge in [0.25, 0.3) is 0 Å². The van der Waals surface area contributed by atoms with Gasteiger partial charge in [0.1, 0.15) is 0 Å². The molecule has 2 rings (SSSR count). The zero-order valence-electron chi connectivity index (χ0n) is 10.6. The number of hydrogen-bond donors (Lipinski definition) is 1. The summed E-state index contributed by atoms with van der Waals surface area (Å²) in [5, 5.41) is 4.19. The highest BCUT2D eigenvalue weighted by Crippen LogP contribution is 2.34. The molecule has 0 radical (unpaired) electrons. The number of halogens is 2. The van der Waals surface area contributed by atoms with Crippen LogP contribution < -0.4 is 5.32 Å². The number of benzene rings is 1. The van der Waals surface area contributed by atoms with Gasteiger partial charge in [0, 0.05) is 9.90 Å². The minimum absolute atomic E-state index is 0.218. The predicted molar refractivity (Wildman–Crippen MR) is 83.8 cm³/mol. The molecule has 0 fully saturated rings. The zero-order chi connectivity index (χ0) is 13.3. The zero-order valence-corrected chi connectivity index (χ0v) is 13.7. The maximum atomic E-state index is 6.08. The van der Waals surface area contributed by atoms with Crippen LogP contribution >= 0.6 is 38.9 Å². The van der Waals surface area contributed by atoms with Gasteiger partial charge in [0.15, 0.2) is 0 Å². The van der Waals surface area contributed by atoms with Gasteiger partial charge >= 0.3 is 0 Å². The third kappa shape index (κ3) is 2.80. The molecule has 1 unspecified atom stereocenters. The Hall–Kier alpha value is -0.350. The fraction of sp³-hybridized carbons (Fsp3) is 0.286. The molecular weight excluding hydrogens is 330 g/mol. The van der Waals surface area contributed by atoms with Crippen LogP contribution in [0.15, 0.2) is 28.1 Å². The van der Waals surface area contributed by atoms with E-state index in [2.05, 4.69) is 46.4 Å². The Balaban J connectivity index is 2.41. The van der Waals surface area contributed by atoms with Crippen molar-refractivity contribution < 1.29 is 0 Å². The smallest absolute Gasteiger partial charge is 0.0731 e. The minimum atomic E-state index is 0.218. The average Bonchev–Trinajstić information content (AvgIpc) is 2.65. The van der Waals surface area contributed by atoms with Crippen molar-refractivity contribution in [2.75, 3.05) is 7.05 Å². The number of hydrogen-bond acceptors (Lipinski definition) is 2. The van der Waals surface area contributed by atoms with E-state index in [1.54, 1.807) is 11.3 Å². The van der Waals surface area contributed by atoms with Crippen LogP contribution in [0.2, 0.25) is 5.02 Å². The first kappa shape index (κ1) is 14.1. The van der Waals surface area contributed by atoms with E-state index in [9.17, 15) is 0 Å². The Morgan fingerprint density at radius 1 is 1.22 bits per heavy atom. The molecule has 1 nitrogen and oxygen atoms in total. The van der Waals surface area contributed by atoms with Gasteiger partial charge in [-0.15, -0.1) is 11.3 Å². The van der Waals surface area contributed by atoms with Crippen molar-refractivity contribution in [3.05, 3.63) is 54.6 Å². The third-order valence-corrected chi connectivity index (χ3v) is 5.59. The standard InChI is InChI=1S/C14H15BrClNS/c1-8-6-10(4-5-11(8)16)13(17-3)12-7-9(2)14(15)18-12/h4-7,13,17H,1-3H3. The molecule has 1 atom stereocenters. The summed E-state index contributed by atoms with van der Waals surface area (Å²) in [6, 6.07) is 8.63. The van der Waals surface area contributed by atoms with Crippen LogP contribution in [0.4, 0.5) is 0 Å². The molecular formula is C14H15BrClNS. The first-order chi connectivity index (χ1) is 8.52. The van der Waals surface area contributed by atoms with Crippen molar-refractivity contribution in [2.45, 2.75) is 19.9 Å². The van der Waals surface area contributed by atoms with Crippen molar-refractivity contribution in [3.63, 3.8) is 0 Å². The summed E-state index contributed by atoms with van der Waals surface area (Å²) in [5.74, 6) is 0. The quantitative estimate of drug-likeness (QED) is 0.818. The molecule has 0 aliphatic carbocycles. The second-order valence-electron chi connectivity index (χ2n) is 4.34. The molecule has 1 aromatic heterocycles. The molecule has 0 saturated carbocycles. The van der Waals surface area contributed by atoms with Gasteiger partial charge in [0.05, 0.1) is 9.83 Å². The SMILES string of the molecule is CNC(c1ccc(Cl)c(C)c1)c1cc(C)c(Br)s1. The highest BCUT2D eigenvalue weighted by molar-refractivity contribution is 9.11. The van der Waals surface area contributed by atoms with Crippen molar-refractivity contribution in [1.29, 1.82) is 0 Å². The van der Waals surface area contributed by atoms with Crippen LogP contribution in [0.1, 0.15) is 27.6 Å². The van der Waals surface area contributed by atoms with E-state index in [1.165, 1.54) is 19.8 Å². The summed E-state index contributed by atoms with van der Waals surface area (Å²) < 4.78 is 1.20. The number of aryl methyl sites for hydroxylation is 2. The van der Waals surface area contributed by atoms with Crippen LogP contribution in [0.25, 0.3) is 0 Å². The van der Waals surface area contributed by atoms with Gasteiger partial charge in [-0.05, 0) is 65.6 Å². The van der Waals surface area contributed by atoms with E-state index in [1.807, 2.05) is 20.0 Å². The lowest BCUT2D eigenvalue weighted by atomic mass is 10.0. The predicted octanol–water partition coefficient (Wildman–Crippen LogP) is 5.09. The van der Waals surface area contributed by atoms with Gasteiger partial charge in [-0.25, -0.2) is 0 Å². The van der Waals surface area contributed by atoms with Gasteiger partial charge in [-0.3, -0.25) is 0 Å². The van der Waals surface area contributed by atoms with Crippen molar-refractivity contribution in [3.8, 4) is 0 Å². The number of nitrogens with one attached hydrogen (secondary N) is 1. The maximum Gasteiger partial charge on any atom is 0.0731 e. The normalized spacial score (nSPS) is 12.7. The fourth-order valence-electron chi connectivity index (χ4n) is 1.95. The third-order valence-electron chi connectivity index (χ3n) is 2.96. The van der Waals surface area contributed by atoms with Crippen molar-refractivity contribution in [2.24, 2.45) is 0 Å². The molecule has 0 aliphatic rings. The Kier molecular flexibility index (Phi) is 4.49. The topological polar surface area (TPSA) is 12.0 Å². The molecule has 1 heterocycles. The highest BCUT2D eigenvalue weighted by Gasteiger charge is 2.16. The molecule has 0 amide bonds. The summed E-state index contributed by atoms with van der Waals surface area (Å²) in [6.45, 7) is 4.15. The summed E-state index contributed by atoms with van der Waals surface area (Å²) >= 11 is 11.4. The number of rotatable bonds is 3. The van der Waals surface area contributed by atoms with Crippen LogP contribution in [-0.2, 0) is 0 Å². The van der Waals surface area contributed by atoms with Crippen LogP contribution in [0.3, 0.4) is 0 Å². The molecule has 2 aromatic rings. The van der Waals surface area contributed by atoms with Crippen molar-refractivity contribution >= 4 is 38.9 Å². The first-order valence-electron chi connectivity index (χ1n) is 5.72. The molecule has 0 bridgehead atoms. The molecule has 0 spiro atoms. The molecule has 1 aromatic carbocycles. The second-order valence-corrected chi connectivity index (χ2v) is 7.14. The first-order valence-corrected chi connectivity index (χ1v) is 7.71. The largest absolute Gasteiger partial charge is 0.309 e. The Labute approximate surface area is 125 Å². The molecule has 18 heavy (non-hydrogen) atoms. The lowest BCUT2D eigenvalue weighted by molar-refractivity contribution is 0.703. The van der Waals surface area contributed by atoms with E-state index in [4.69, 9.17) is 11.6 Å². The summed E-state index contributed by atoms with van der Waals surface area (Å²) in [7, 11) is 1.98. The highest BCUT2D eigenvalue weighted by atomic mass is 79.9. The minimum Gasteiger partial charge on any atom is -0.309 e. The molecule has 96 valence electrons. The van der Waals surface area contributed by atoms with Crippen LogP contribution in [0.5, 0.6) is 0 Å². The van der Waals surface area contributed by atoms with E-state index < -0.39 is 0 Å². The van der Waals surface area contributed by atoms with E-state index >= 15 is 0 Å². The van der Waals surface area contributed by atoms with Crippen molar-refractivity contribution in [1.82, 2.24) is 5.32 Å². The fourth-order valence-corrected chi connectivity index (χ4v) is 3.77. The van der Waals surface area contributed by atoms with Gasteiger partial charge in [-0.2, -0.15) is 0 Å². The van der Waals surface area contributed by atoms with Gasteiger partial charge in [-0.1, -0.05) is 23.7 Å². The Morgan fingerprint density at radius 2 is 1.94 bits per heavy atom. The average molecular weight is 345 g/mol. The van der Waals surface area contributed by atoms with Gasteiger partial charge in [0.2, 0.25) is 0 Å². The lowest BCUT2D eigenvalue weighted by Gasteiger charge is -2.16. The molecule has 0 saturated heterocycles. The maximum absolute atomic E-state index is 6.08. The van der Waals surface area contributed by atoms with Crippen LogP contribution in [-0.4, -0.2) is 7.05 Å². The van der Waals surface area contributed by atoms with Crippen LogP contribution in [0, 0.1) is 13.8 Å². The van der Waals surface area contributed by atoms with E-state index in [0.29, 0.717) is 0 Å². The van der Waals surface area contributed by atoms with E-state index in [0.717, 1.165) is 10.6 Å². The lowest BCUT2D eigenvalue weighted by Crippen LogP contribution is -2.16. The summed E-state index contributed by atoms with van der Waals surface area (Å²) in [6.07, 6.45) is 0. The molecule has 1 N–H and O–H groups in total. The summed E-state index contributed by atoms with van der Waals surface area (Å²) in [5.41, 5.74) is 3.64. The summed E-state index contributed by atoms with van der Waals surface area (Å²) in [4.78, 5) is 1.31. The molecule has 4 heteroatoms. The Morgan fingerprint density at radius 3 is 2.44 bits per heavy atom. The second kappa shape index (κ2) is 5.74.